The summed E-state index contributed by atoms with van der Waals surface area (Å²) in [5, 5.41) is 3.27. The quantitative estimate of drug-likeness (QED) is 0.772. The molecule has 0 bridgehead atoms. The van der Waals surface area contributed by atoms with Crippen LogP contribution < -0.4 is 11.1 Å². The number of rotatable bonds is 5. The molecule has 0 spiro atoms. The molecule has 1 aliphatic carbocycles. The molecular weight excluding hydrogens is 202 g/mol. The molecule has 0 radical (unpaired) electrons. The van der Waals surface area contributed by atoms with Gasteiger partial charge in [-0.3, -0.25) is 0 Å². The fraction of sp³-hybridized carbons (Fsp3) is 0.636. The molecule has 0 unspecified atom stereocenters. The van der Waals surface area contributed by atoms with Gasteiger partial charge in [-0.25, -0.2) is 4.98 Å². The third kappa shape index (κ3) is 3.06. The van der Waals surface area contributed by atoms with Crippen LogP contribution in [0.1, 0.15) is 18.5 Å². The van der Waals surface area contributed by atoms with E-state index in [4.69, 9.17) is 5.73 Å². The number of nitrogens with two attached hydrogens (primary N) is 1. The van der Waals surface area contributed by atoms with Crippen LogP contribution in [-0.2, 0) is 0 Å². The van der Waals surface area contributed by atoms with E-state index in [0.717, 1.165) is 30.6 Å². The number of likely N-dealkylation sites (N-methyl/N-ethyl adjacent to an activating group) is 1. The molecule has 1 saturated carbocycles. The average Bonchev–Trinajstić information content (AvgIpc) is 2.98. The zero-order chi connectivity index (χ0) is 11.5. The summed E-state index contributed by atoms with van der Waals surface area (Å²) in [7, 11) is 2.17. The molecule has 0 atom stereocenters. The standard InChI is InChI=1S/C11H19N5/c1-8-7-10(15-11(12)14-8)13-5-6-16(2)9-3-4-9/h7,9H,3-6H2,1-2H3,(H3,12,13,14,15). The first-order valence-electron chi connectivity index (χ1n) is 5.70. The van der Waals surface area contributed by atoms with Gasteiger partial charge in [-0.1, -0.05) is 0 Å². The van der Waals surface area contributed by atoms with Crippen LogP contribution in [-0.4, -0.2) is 41.0 Å². The van der Waals surface area contributed by atoms with Crippen molar-refractivity contribution in [1.82, 2.24) is 14.9 Å². The molecule has 0 aromatic carbocycles. The molecular formula is C11H19N5. The van der Waals surface area contributed by atoms with Crippen molar-refractivity contribution in [1.29, 1.82) is 0 Å². The fourth-order valence-electron chi connectivity index (χ4n) is 1.74. The minimum absolute atomic E-state index is 0.332. The largest absolute Gasteiger partial charge is 0.369 e. The average molecular weight is 221 g/mol. The fourth-order valence-corrected chi connectivity index (χ4v) is 1.74. The van der Waals surface area contributed by atoms with E-state index in [1.807, 2.05) is 13.0 Å². The molecule has 16 heavy (non-hydrogen) atoms. The van der Waals surface area contributed by atoms with Crippen molar-refractivity contribution in [2.24, 2.45) is 0 Å². The van der Waals surface area contributed by atoms with Crippen molar-refractivity contribution in [3.63, 3.8) is 0 Å². The van der Waals surface area contributed by atoms with Gasteiger partial charge in [0.2, 0.25) is 5.95 Å². The van der Waals surface area contributed by atoms with Gasteiger partial charge in [0.05, 0.1) is 0 Å². The van der Waals surface area contributed by atoms with Gasteiger partial charge in [0.25, 0.3) is 0 Å². The number of nitrogen functional groups attached to an aromatic ring is 1. The van der Waals surface area contributed by atoms with Crippen LogP contribution in [0.4, 0.5) is 11.8 Å². The molecule has 5 heteroatoms. The Morgan fingerprint density at radius 3 is 2.88 bits per heavy atom. The number of hydrogen-bond acceptors (Lipinski definition) is 5. The van der Waals surface area contributed by atoms with E-state index in [9.17, 15) is 0 Å². The Morgan fingerprint density at radius 2 is 2.25 bits per heavy atom. The molecule has 88 valence electrons. The molecule has 3 N–H and O–H groups in total. The third-order valence-corrected chi connectivity index (χ3v) is 2.81. The third-order valence-electron chi connectivity index (χ3n) is 2.81. The van der Waals surface area contributed by atoms with Gasteiger partial charge >= 0.3 is 0 Å². The minimum atomic E-state index is 0.332. The van der Waals surface area contributed by atoms with Crippen LogP contribution in [0, 0.1) is 6.92 Å². The van der Waals surface area contributed by atoms with Gasteiger partial charge in [-0.05, 0) is 26.8 Å². The summed E-state index contributed by atoms with van der Waals surface area (Å²) in [6.45, 7) is 3.84. The summed E-state index contributed by atoms with van der Waals surface area (Å²) in [6, 6.07) is 2.71. The van der Waals surface area contributed by atoms with Gasteiger partial charge in [0.1, 0.15) is 5.82 Å². The Bertz CT molecular complexity index is 341. The first kappa shape index (κ1) is 11.1. The normalized spacial score (nSPS) is 15.4. The highest BCUT2D eigenvalue weighted by Gasteiger charge is 2.25. The number of aromatic nitrogens is 2. The van der Waals surface area contributed by atoms with Gasteiger partial charge < -0.3 is 16.0 Å². The highest BCUT2D eigenvalue weighted by atomic mass is 15.2. The van der Waals surface area contributed by atoms with Crippen LogP contribution in [0.3, 0.4) is 0 Å². The minimum Gasteiger partial charge on any atom is -0.369 e. The number of anilines is 2. The molecule has 0 saturated heterocycles. The molecule has 1 aliphatic rings. The van der Waals surface area contributed by atoms with Crippen molar-refractivity contribution >= 4 is 11.8 Å². The Kier molecular flexibility index (Phi) is 3.24. The molecule has 1 aromatic rings. The van der Waals surface area contributed by atoms with Crippen LogP contribution in [0.2, 0.25) is 0 Å². The summed E-state index contributed by atoms with van der Waals surface area (Å²) in [4.78, 5) is 10.5. The lowest BCUT2D eigenvalue weighted by Crippen LogP contribution is -2.27. The monoisotopic (exact) mass is 221 g/mol. The van der Waals surface area contributed by atoms with Gasteiger partial charge in [0.15, 0.2) is 0 Å². The molecule has 0 aliphatic heterocycles. The Balaban J connectivity index is 1.79. The van der Waals surface area contributed by atoms with Crippen molar-refractivity contribution < 1.29 is 0 Å². The Morgan fingerprint density at radius 1 is 1.50 bits per heavy atom. The lowest BCUT2D eigenvalue weighted by atomic mass is 10.4. The highest BCUT2D eigenvalue weighted by Crippen LogP contribution is 2.24. The SMILES string of the molecule is Cc1cc(NCCN(C)C2CC2)nc(N)n1. The second-order valence-electron chi connectivity index (χ2n) is 4.39. The molecule has 2 rings (SSSR count). The summed E-state index contributed by atoms with van der Waals surface area (Å²) in [6.07, 6.45) is 2.69. The smallest absolute Gasteiger partial charge is 0.222 e. The van der Waals surface area contributed by atoms with E-state index in [-0.39, 0.29) is 0 Å². The zero-order valence-electron chi connectivity index (χ0n) is 9.90. The van der Waals surface area contributed by atoms with Crippen molar-refractivity contribution in [3.05, 3.63) is 11.8 Å². The first-order valence-corrected chi connectivity index (χ1v) is 5.70. The van der Waals surface area contributed by atoms with Gasteiger partial charge in [0, 0.05) is 30.9 Å². The maximum Gasteiger partial charge on any atom is 0.222 e. The van der Waals surface area contributed by atoms with Crippen molar-refractivity contribution in [2.75, 3.05) is 31.2 Å². The van der Waals surface area contributed by atoms with Crippen molar-refractivity contribution in [2.45, 2.75) is 25.8 Å². The summed E-state index contributed by atoms with van der Waals surface area (Å²) in [5.74, 6) is 1.15. The van der Waals surface area contributed by atoms with Crippen LogP contribution in [0.25, 0.3) is 0 Å². The van der Waals surface area contributed by atoms with Crippen LogP contribution >= 0.6 is 0 Å². The lowest BCUT2D eigenvalue weighted by Gasteiger charge is -2.16. The summed E-state index contributed by atoms with van der Waals surface area (Å²) in [5.41, 5.74) is 6.47. The number of nitrogens with one attached hydrogen (secondary N) is 1. The number of aryl methyl sites for hydroxylation is 1. The maximum atomic E-state index is 5.58. The van der Waals surface area contributed by atoms with E-state index in [2.05, 4.69) is 27.2 Å². The van der Waals surface area contributed by atoms with Gasteiger partial charge in [-0.15, -0.1) is 0 Å². The van der Waals surface area contributed by atoms with Gasteiger partial charge in [-0.2, -0.15) is 4.98 Å². The second kappa shape index (κ2) is 4.65. The Hall–Kier alpha value is -1.36. The lowest BCUT2D eigenvalue weighted by molar-refractivity contribution is 0.337. The van der Waals surface area contributed by atoms with E-state index in [0.29, 0.717) is 5.95 Å². The molecule has 1 heterocycles. The molecule has 1 aromatic heterocycles. The predicted octanol–water partition coefficient (Wildman–Crippen LogP) is 0.873. The van der Waals surface area contributed by atoms with Crippen molar-refractivity contribution in [3.8, 4) is 0 Å². The molecule has 1 fully saturated rings. The van der Waals surface area contributed by atoms with E-state index >= 15 is 0 Å². The van der Waals surface area contributed by atoms with E-state index in [1.165, 1.54) is 12.8 Å². The zero-order valence-corrected chi connectivity index (χ0v) is 9.90. The maximum absolute atomic E-state index is 5.58. The molecule has 5 nitrogen and oxygen atoms in total. The summed E-state index contributed by atoms with van der Waals surface area (Å²) < 4.78 is 0. The van der Waals surface area contributed by atoms with Crippen LogP contribution in [0.5, 0.6) is 0 Å². The predicted molar refractivity (Wildman–Crippen MR) is 65.3 cm³/mol. The van der Waals surface area contributed by atoms with E-state index < -0.39 is 0 Å². The highest BCUT2D eigenvalue weighted by molar-refractivity contribution is 5.40. The van der Waals surface area contributed by atoms with Crippen LogP contribution in [0.15, 0.2) is 6.07 Å². The molecule has 0 amide bonds. The van der Waals surface area contributed by atoms with E-state index in [1.54, 1.807) is 0 Å². The Labute approximate surface area is 96.1 Å². The number of nitrogens with zero attached hydrogens (tertiary/aromatic N) is 3. The topological polar surface area (TPSA) is 67.1 Å². The summed E-state index contributed by atoms with van der Waals surface area (Å²) >= 11 is 0. The second-order valence-corrected chi connectivity index (χ2v) is 4.39. The first-order chi connectivity index (χ1) is 7.65. The number of hydrogen-bond donors (Lipinski definition) is 2.